The lowest BCUT2D eigenvalue weighted by Crippen LogP contribution is -2.52. The first kappa shape index (κ1) is 27.2. The van der Waals surface area contributed by atoms with E-state index in [-0.39, 0.29) is 16.4 Å². The number of nitrogens with one attached hydrogen (secondary N) is 1. The van der Waals surface area contributed by atoms with Gasteiger partial charge in [-0.25, -0.2) is 0 Å². The lowest BCUT2D eigenvalue weighted by molar-refractivity contribution is -0.384. The number of nitro groups is 1. The molecular weight excluding hydrogens is 565 g/mol. The van der Waals surface area contributed by atoms with E-state index in [0.717, 1.165) is 5.69 Å². The summed E-state index contributed by atoms with van der Waals surface area (Å²) in [5, 5.41) is 15.6. The quantitative estimate of drug-likeness (QED) is 0.254. The number of morpholine rings is 1. The SMILES string of the molecule is O=C(NC(=S)N1CCN(c2ccc([N+](=O)[O-])c(N3CCOCC3)c2)CC1)c1ccc(-c2cc(Cl)ccc2Cl)o1. The van der Waals surface area contributed by atoms with Gasteiger partial charge < -0.3 is 23.9 Å². The van der Waals surface area contributed by atoms with Gasteiger partial charge in [0.1, 0.15) is 11.4 Å². The number of anilines is 2. The largest absolute Gasteiger partial charge is 0.451 e. The van der Waals surface area contributed by atoms with Crippen molar-refractivity contribution >= 4 is 63.5 Å². The summed E-state index contributed by atoms with van der Waals surface area (Å²) in [5.74, 6) is 0.0626. The molecular formula is C26H25Cl2N5O5S. The molecule has 2 fully saturated rings. The van der Waals surface area contributed by atoms with E-state index >= 15 is 0 Å². The van der Waals surface area contributed by atoms with Crippen LogP contribution in [0.15, 0.2) is 52.9 Å². The Kier molecular flexibility index (Phi) is 8.22. The molecule has 10 nitrogen and oxygen atoms in total. The molecule has 1 amide bonds. The van der Waals surface area contributed by atoms with Crippen LogP contribution in [0.1, 0.15) is 10.6 Å². The van der Waals surface area contributed by atoms with Gasteiger partial charge in [-0.05, 0) is 54.7 Å². The van der Waals surface area contributed by atoms with Crippen molar-refractivity contribution in [2.75, 3.05) is 62.3 Å². The maximum Gasteiger partial charge on any atom is 0.293 e. The molecule has 2 aromatic carbocycles. The number of hydrogen-bond donors (Lipinski definition) is 1. The number of nitro benzene ring substituents is 1. The molecule has 204 valence electrons. The van der Waals surface area contributed by atoms with Gasteiger partial charge >= 0.3 is 0 Å². The first-order valence-electron chi connectivity index (χ1n) is 12.3. The third-order valence-electron chi connectivity index (χ3n) is 6.68. The molecule has 3 aromatic rings. The number of carbonyl (C=O) groups excluding carboxylic acids is 1. The first-order chi connectivity index (χ1) is 18.8. The van der Waals surface area contributed by atoms with Crippen molar-refractivity contribution in [2.45, 2.75) is 0 Å². The molecule has 2 saturated heterocycles. The number of ether oxygens (including phenoxy) is 1. The molecule has 13 heteroatoms. The highest BCUT2D eigenvalue weighted by molar-refractivity contribution is 7.80. The standard InChI is InChI=1S/C26H25Cl2N5O5S/c27-17-1-3-20(28)19(15-17)23-5-6-24(38-23)25(34)29-26(39)32-9-7-30(8-10-32)18-2-4-21(33(35)36)22(16-18)31-11-13-37-14-12-31/h1-6,15-16H,7-14H2,(H,29,34,39). The summed E-state index contributed by atoms with van der Waals surface area (Å²) in [6.07, 6.45) is 0. The molecule has 3 heterocycles. The van der Waals surface area contributed by atoms with Crippen molar-refractivity contribution in [2.24, 2.45) is 0 Å². The van der Waals surface area contributed by atoms with Crippen molar-refractivity contribution in [3.8, 4) is 11.3 Å². The van der Waals surface area contributed by atoms with Gasteiger partial charge in [0.05, 0.1) is 23.2 Å². The molecule has 39 heavy (non-hydrogen) atoms. The van der Waals surface area contributed by atoms with E-state index in [1.807, 2.05) is 15.9 Å². The Balaban J connectivity index is 1.20. The number of rotatable bonds is 5. The van der Waals surface area contributed by atoms with Crippen molar-refractivity contribution in [1.82, 2.24) is 10.2 Å². The third kappa shape index (κ3) is 6.11. The Morgan fingerprint density at radius 1 is 0.949 bits per heavy atom. The number of thiocarbonyl (C=S) groups is 1. The molecule has 0 atom stereocenters. The molecule has 0 saturated carbocycles. The molecule has 5 rings (SSSR count). The van der Waals surface area contributed by atoms with Crippen molar-refractivity contribution in [1.29, 1.82) is 0 Å². The average Bonchev–Trinajstić information content (AvgIpc) is 3.45. The number of hydrogen-bond acceptors (Lipinski definition) is 8. The second-order valence-corrected chi connectivity index (χ2v) is 10.3. The van der Waals surface area contributed by atoms with Gasteiger partial charge in [-0.3, -0.25) is 20.2 Å². The van der Waals surface area contributed by atoms with Crippen LogP contribution < -0.4 is 15.1 Å². The first-order valence-corrected chi connectivity index (χ1v) is 13.5. The Bertz CT molecular complexity index is 1400. The maximum atomic E-state index is 12.8. The fourth-order valence-corrected chi connectivity index (χ4v) is 5.28. The molecule has 0 bridgehead atoms. The summed E-state index contributed by atoms with van der Waals surface area (Å²) < 4.78 is 11.1. The molecule has 0 radical (unpaired) electrons. The summed E-state index contributed by atoms with van der Waals surface area (Å²) in [6.45, 7) is 4.70. The molecule has 1 N–H and O–H groups in total. The topological polar surface area (TPSA) is 104 Å². The van der Waals surface area contributed by atoms with Gasteiger partial charge in [0.2, 0.25) is 0 Å². The van der Waals surface area contributed by atoms with Crippen LogP contribution in [0, 0.1) is 10.1 Å². The fourth-order valence-electron chi connectivity index (χ4n) is 4.62. The summed E-state index contributed by atoms with van der Waals surface area (Å²) in [7, 11) is 0. The Hall–Kier alpha value is -3.38. The van der Waals surface area contributed by atoms with Gasteiger partial charge in [-0.1, -0.05) is 23.2 Å². The zero-order chi connectivity index (χ0) is 27.5. The number of carbonyl (C=O) groups is 1. The molecule has 0 spiro atoms. The van der Waals surface area contributed by atoms with Crippen LogP contribution in [0.2, 0.25) is 10.0 Å². The predicted octanol–water partition coefficient (Wildman–Crippen LogP) is 4.84. The van der Waals surface area contributed by atoms with Gasteiger partial charge in [-0.15, -0.1) is 0 Å². The third-order valence-corrected chi connectivity index (χ3v) is 7.61. The van der Waals surface area contributed by atoms with Crippen LogP contribution in [0.3, 0.4) is 0 Å². The summed E-state index contributed by atoms with van der Waals surface area (Å²) in [5.41, 5.74) is 2.18. The monoisotopic (exact) mass is 589 g/mol. The number of benzene rings is 2. The van der Waals surface area contributed by atoms with Crippen LogP contribution >= 0.6 is 35.4 Å². The van der Waals surface area contributed by atoms with Crippen LogP contribution in [-0.2, 0) is 4.74 Å². The average molecular weight is 590 g/mol. The predicted molar refractivity (Wildman–Crippen MR) is 154 cm³/mol. The number of nitrogens with zero attached hydrogens (tertiary/aromatic N) is 4. The number of amides is 1. The maximum absolute atomic E-state index is 12.8. The van der Waals surface area contributed by atoms with E-state index < -0.39 is 5.91 Å². The van der Waals surface area contributed by atoms with Gasteiger partial charge in [0.15, 0.2) is 10.9 Å². The van der Waals surface area contributed by atoms with Crippen molar-refractivity contribution in [3.63, 3.8) is 0 Å². The van der Waals surface area contributed by atoms with E-state index in [4.69, 9.17) is 44.6 Å². The van der Waals surface area contributed by atoms with E-state index in [0.29, 0.717) is 84.7 Å². The minimum atomic E-state index is -0.461. The zero-order valence-corrected chi connectivity index (χ0v) is 23.1. The van der Waals surface area contributed by atoms with Crippen LogP contribution in [0.25, 0.3) is 11.3 Å². The summed E-state index contributed by atoms with van der Waals surface area (Å²) in [4.78, 5) is 30.1. The molecule has 0 unspecified atom stereocenters. The van der Waals surface area contributed by atoms with Crippen molar-refractivity contribution in [3.05, 3.63) is 74.5 Å². The van der Waals surface area contributed by atoms with Crippen molar-refractivity contribution < 1.29 is 18.9 Å². The lowest BCUT2D eigenvalue weighted by atomic mass is 10.1. The molecule has 2 aliphatic rings. The Morgan fingerprint density at radius 2 is 1.69 bits per heavy atom. The van der Waals surface area contributed by atoms with E-state index in [9.17, 15) is 14.9 Å². The van der Waals surface area contributed by atoms with Crippen LogP contribution in [0.5, 0.6) is 0 Å². The van der Waals surface area contributed by atoms with E-state index in [1.165, 1.54) is 0 Å². The van der Waals surface area contributed by atoms with Crippen LogP contribution in [-0.4, -0.2) is 73.3 Å². The molecule has 1 aromatic heterocycles. The summed E-state index contributed by atoms with van der Waals surface area (Å²) in [6, 6.07) is 13.4. The minimum absolute atomic E-state index is 0.0851. The Morgan fingerprint density at radius 3 is 2.41 bits per heavy atom. The zero-order valence-electron chi connectivity index (χ0n) is 20.8. The number of furan rings is 1. The highest BCUT2D eigenvalue weighted by atomic mass is 35.5. The second-order valence-electron chi connectivity index (χ2n) is 9.05. The second kappa shape index (κ2) is 11.8. The number of halogens is 2. The van der Waals surface area contributed by atoms with E-state index in [1.54, 1.807) is 42.5 Å². The smallest absolute Gasteiger partial charge is 0.293 e. The van der Waals surface area contributed by atoms with Gasteiger partial charge in [0, 0.05) is 61.6 Å². The highest BCUT2D eigenvalue weighted by Gasteiger charge is 2.26. The molecule has 2 aliphatic heterocycles. The Labute approximate surface area is 240 Å². The summed E-state index contributed by atoms with van der Waals surface area (Å²) >= 11 is 17.8. The lowest BCUT2D eigenvalue weighted by Gasteiger charge is -2.37. The van der Waals surface area contributed by atoms with Gasteiger partial charge in [0.25, 0.3) is 11.6 Å². The fraction of sp³-hybridized carbons (Fsp3) is 0.308. The van der Waals surface area contributed by atoms with E-state index in [2.05, 4.69) is 10.2 Å². The number of piperazine rings is 1. The highest BCUT2D eigenvalue weighted by Crippen LogP contribution is 2.34. The van der Waals surface area contributed by atoms with Gasteiger partial charge in [-0.2, -0.15) is 0 Å². The van der Waals surface area contributed by atoms with Crippen LogP contribution in [0.4, 0.5) is 17.1 Å². The normalized spacial score (nSPS) is 15.8. The molecule has 0 aliphatic carbocycles. The minimum Gasteiger partial charge on any atom is -0.451 e.